The molecule has 0 saturated heterocycles. The first-order valence-corrected chi connectivity index (χ1v) is 7.27. The summed E-state index contributed by atoms with van der Waals surface area (Å²) in [7, 11) is 1.64. The Kier molecular flexibility index (Phi) is 4.74. The molecule has 0 fully saturated rings. The second-order valence-electron chi connectivity index (χ2n) is 4.33. The van der Waals surface area contributed by atoms with Gasteiger partial charge in [-0.1, -0.05) is 6.07 Å². The van der Waals surface area contributed by atoms with Crippen LogP contribution in [0.2, 0.25) is 0 Å². The summed E-state index contributed by atoms with van der Waals surface area (Å²) in [5, 5.41) is 2.73. The Balaban J connectivity index is 2.22. The van der Waals surface area contributed by atoms with Gasteiger partial charge in [-0.15, -0.1) is 11.3 Å². The average molecular weight is 291 g/mol. The van der Waals surface area contributed by atoms with E-state index < -0.39 is 0 Å². The van der Waals surface area contributed by atoms with Crippen molar-refractivity contribution in [2.75, 3.05) is 13.7 Å². The molecule has 0 saturated carbocycles. The number of hydrogen-bond donors (Lipinski definition) is 0. The monoisotopic (exact) mass is 291 g/mol. The van der Waals surface area contributed by atoms with Gasteiger partial charge in [-0.2, -0.15) is 0 Å². The number of carbonyl (C=O) groups is 1. The third-order valence-corrected chi connectivity index (χ3v) is 3.69. The van der Waals surface area contributed by atoms with Crippen molar-refractivity contribution in [1.82, 2.24) is 4.98 Å². The van der Waals surface area contributed by atoms with E-state index in [2.05, 4.69) is 4.98 Å². The van der Waals surface area contributed by atoms with Crippen LogP contribution in [0.4, 0.5) is 0 Å². The summed E-state index contributed by atoms with van der Waals surface area (Å²) < 4.78 is 10.3. The number of rotatable bonds is 5. The molecule has 0 unspecified atom stereocenters. The lowest BCUT2D eigenvalue weighted by molar-refractivity contribution is -0.142. The quantitative estimate of drug-likeness (QED) is 0.794. The van der Waals surface area contributed by atoms with Crippen molar-refractivity contribution < 1.29 is 14.3 Å². The number of nitrogens with zero attached hydrogens (tertiary/aromatic N) is 1. The number of carbonyl (C=O) groups excluding carboxylic acids is 1. The third kappa shape index (κ3) is 3.36. The van der Waals surface area contributed by atoms with Crippen LogP contribution in [0.15, 0.2) is 23.6 Å². The van der Waals surface area contributed by atoms with E-state index in [1.165, 1.54) is 11.3 Å². The Morgan fingerprint density at radius 3 is 2.90 bits per heavy atom. The zero-order valence-electron chi connectivity index (χ0n) is 11.8. The van der Waals surface area contributed by atoms with Gasteiger partial charge in [0.15, 0.2) is 0 Å². The Labute approximate surface area is 122 Å². The van der Waals surface area contributed by atoms with E-state index in [-0.39, 0.29) is 12.4 Å². The highest BCUT2D eigenvalue weighted by molar-refractivity contribution is 7.13. The second kappa shape index (κ2) is 6.52. The second-order valence-corrected chi connectivity index (χ2v) is 5.19. The summed E-state index contributed by atoms with van der Waals surface area (Å²) >= 11 is 1.50. The van der Waals surface area contributed by atoms with Crippen LogP contribution in [-0.4, -0.2) is 24.7 Å². The topological polar surface area (TPSA) is 48.4 Å². The Morgan fingerprint density at radius 1 is 1.40 bits per heavy atom. The molecule has 2 rings (SSSR count). The Morgan fingerprint density at radius 2 is 2.20 bits per heavy atom. The summed E-state index contributed by atoms with van der Waals surface area (Å²) in [6.45, 7) is 4.20. The molecule has 1 aromatic heterocycles. The molecule has 2 aromatic rings. The van der Waals surface area contributed by atoms with Crippen molar-refractivity contribution in [2.24, 2.45) is 0 Å². The molecule has 0 spiro atoms. The lowest BCUT2D eigenvalue weighted by Gasteiger charge is -2.06. The van der Waals surface area contributed by atoms with Crippen LogP contribution in [0.1, 0.15) is 18.2 Å². The van der Waals surface area contributed by atoms with Crippen LogP contribution in [-0.2, 0) is 16.0 Å². The van der Waals surface area contributed by atoms with Crippen molar-refractivity contribution >= 4 is 17.3 Å². The van der Waals surface area contributed by atoms with Crippen LogP contribution < -0.4 is 4.74 Å². The first-order valence-electron chi connectivity index (χ1n) is 6.39. The number of aryl methyl sites for hydroxylation is 1. The minimum Gasteiger partial charge on any atom is -0.496 e. The number of aromatic nitrogens is 1. The van der Waals surface area contributed by atoms with Crippen molar-refractivity contribution in [1.29, 1.82) is 0 Å². The Hall–Kier alpha value is -1.88. The first-order chi connectivity index (χ1) is 9.63. The molecule has 1 aromatic carbocycles. The van der Waals surface area contributed by atoms with Gasteiger partial charge >= 0.3 is 5.97 Å². The predicted octanol–water partition coefficient (Wildman–Crippen LogP) is 3.23. The maximum atomic E-state index is 11.4. The molecule has 0 amide bonds. The molecule has 0 radical (unpaired) electrons. The minimum absolute atomic E-state index is 0.207. The summed E-state index contributed by atoms with van der Waals surface area (Å²) in [5.74, 6) is 0.544. The zero-order chi connectivity index (χ0) is 14.5. The van der Waals surface area contributed by atoms with Crippen LogP contribution in [0.3, 0.4) is 0 Å². The maximum Gasteiger partial charge on any atom is 0.311 e. The van der Waals surface area contributed by atoms with E-state index >= 15 is 0 Å². The van der Waals surface area contributed by atoms with E-state index in [4.69, 9.17) is 9.47 Å². The lowest BCUT2D eigenvalue weighted by atomic mass is 10.1. The standard InChI is InChI=1S/C15H17NO3S/c1-4-19-14(17)8-11-9-20-15(16-11)12-6-5-10(2)7-13(12)18-3/h5-7,9H,4,8H2,1-3H3. The highest BCUT2D eigenvalue weighted by Crippen LogP contribution is 2.33. The number of hydrogen-bond acceptors (Lipinski definition) is 5. The lowest BCUT2D eigenvalue weighted by Crippen LogP contribution is -2.07. The van der Waals surface area contributed by atoms with E-state index in [0.29, 0.717) is 6.61 Å². The third-order valence-electron chi connectivity index (χ3n) is 2.77. The highest BCUT2D eigenvalue weighted by Gasteiger charge is 2.12. The fourth-order valence-electron chi connectivity index (χ4n) is 1.85. The van der Waals surface area contributed by atoms with E-state index in [1.807, 2.05) is 30.5 Å². The van der Waals surface area contributed by atoms with Gasteiger partial charge in [0, 0.05) is 5.38 Å². The zero-order valence-corrected chi connectivity index (χ0v) is 12.6. The van der Waals surface area contributed by atoms with Gasteiger partial charge in [0.1, 0.15) is 10.8 Å². The summed E-state index contributed by atoms with van der Waals surface area (Å²) in [6.07, 6.45) is 0.207. The van der Waals surface area contributed by atoms with Gasteiger partial charge in [-0.25, -0.2) is 4.98 Å². The SMILES string of the molecule is CCOC(=O)Cc1csc(-c2ccc(C)cc2OC)n1. The van der Waals surface area contributed by atoms with Gasteiger partial charge in [0.25, 0.3) is 0 Å². The number of ether oxygens (including phenoxy) is 2. The van der Waals surface area contributed by atoms with Crippen LogP contribution in [0.25, 0.3) is 10.6 Å². The van der Waals surface area contributed by atoms with Gasteiger partial charge < -0.3 is 9.47 Å². The molecular formula is C15H17NO3S. The van der Waals surface area contributed by atoms with Gasteiger partial charge in [0.2, 0.25) is 0 Å². The first kappa shape index (κ1) is 14.5. The maximum absolute atomic E-state index is 11.4. The molecule has 0 aliphatic heterocycles. The molecule has 0 atom stereocenters. The van der Waals surface area contributed by atoms with Crippen molar-refractivity contribution in [3.05, 3.63) is 34.8 Å². The van der Waals surface area contributed by atoms with Gasteiger partial charge in [-0.05, 0) is 31.5 Å². The predicted molar refractivity (Wildman–Crippen MR) is 79.2 cm³/mol. The van der Waals surface area contributed by atoms with Crippen molar-refractivity contribution in [2.45, 2.75) is 20.3 Å². The van der Waals surface area contributed by atoms with Gasteiger partial charge in [-0.3, -0.25) is 4.79 Å². The van der Waals surface area contributed by atoms with Crippen LogP contribution in [0, 0.1) is 6.92 Å². The van der Waals surface area contributed by atoms with Gasteiger partial charge in [0.05, 0.1) is 31.4 Å². The molecule has 20 heavy (non-hydrogen) atoms. The number of thiazole rings is 1. The van der Waals surface area contributed by atoms with E-state index in [1.54, 1.807) is 14.0 Å². The molecule has 1 heterocycles. The molecule has 0 aliphatic rings. The smallest absolute Gasteiger partial charge is 0.311 e. The molecule has 0 bridgehead atoms. The molecule has 0 N–H and O–H groups in total. The Bertz CT molecular complexity index is 607. The van der Waals surface area contributed by atoms with Crippen molar-refractivity contribution in [3.63, 3.8) is 0 Å². The van der Waals surface area contributed by atoms with Crippen LogP contribution >= 0.6 is 11.3 Å². The fourth-order valence-corrected chi connectivity index (χ4v) is 2.70. The van der Waals surface area contributed by atoms with E-state index in [0.717, 1.165) is 27.6 Å². The summed E-state index contributed by atoms with van der Waals surface area (Å²) in [5.41, 5.74) is 2.80. The average Bonchev–Trinajstić information content (AvgIpc) is 2.87. The fraction of sp³-hybridized carbons (Fsp3) is 0.333. The molecule has 4 nitrogen and oxygen atoms in total. The number of benzene rings is 1. The highest BCUT2D eigenvalue weighted by atomic mass is 32.1. The summed E-state index contributed by atoms with van der Waals surface area (Å²) in [6, 6.07) is 5.98. The molecular weight excluding hydrogens is 274 g/mol. The molecule has 0 aliphatic carbocycles. The largest absolute Gasteiger partial charge is 0.496 e. The number of esters is 1. The normalized spacial score (nSPS) is 10.3. The molecule has 5 heteroatoms. The van der Waals surface area contributed by atoms with Crippen LogP contribution in [0.5, 0.6) is 5.75 Å². The molecule has 106 valence electrons. The van der Waals surface area contributed by atoms with Crippen molar-refractivity contribution in [3.8, 4) is 16.3 Å². The van der Waals surface area contributed by atoms with E-state index in [9.17, 15) is 4.79 Å². The number of methoxy groups -OCH3 is 1. The summed E-state index contributed by atoms with van der Waals surface area (Å²) in [4.78, 5) is 15.9. The minimum atomic E-state index is -0.250.